The molecule has 2 aromatic rings. The van der Waals surface area contributed by atoms with Crippen LogP contribution in [0.3, 0.4) is 0 Å². The SMILES string of the molecule is Cc1cccc2c1C(=O)N(c1cccc(C#N)c1)C(C(C)N(N)C1=C3NCNC3=NC(N=NN)N1)N2. The number of nitriles is 1. The predicted octanol–water partition coefficient (Wildman–Crippen LogP) is 0.760. The first-order valence-corrected chi connectivity index (χ1v) is 11.3. The Bertz CT molecular complexity index is 1340. The molecule has 8 N–H and O–H groups in total. The summed E-state index contributed by atoms with van der Waals surface area (Å²) in [5.74, 6) is 12.8. The van der Waals surface area contributed by atoms with Crippen LogP contribution in [0.25, 0.3) is 0 Å². The Hall–Kier alpha value is -4.83. The van der Waals surface area contributed by atoms with Crippen LogP contribution in [0.4, 0.5) is 11.4 Å². The van der Waals surface area contributed by atoms with E-state index in [1.54, 1.807) is 29.2 Å². The van der Waals surface area contributed by atoms with Crippen LogP contribution in [0, 0.1) is 18.3 Å². The summed E-state index contributed by atoms with van der Waals surface area (Å²) in [5, 5.41) is 31.2. The van der Waals surface area contributed by atoms with E-state index in [0.717, 1.165) is 5.56 Å². The van der Waals surface area contributed by atoms with Crippen molar-refractivity contribution in [2.45, 2.75) is 32.3 Å². The van der Waals surface area contributed by atoms with Crippen molar-refractivity contribution in [3.05, 3.63) is 70.7 Å². The van der Waals surface area contributed by atoms with E-state index in [1.807, 2.05) is 32.0 Å². The summed E-state index contributed by atoms with van der Waals surface area (Å²) in [5.41, 5.74) is 3.83. The molecule has 3 aliphatic heterocycles. The summed E-state index contributed by atoms with van der Waals surface area (Å²) in [6.07, 6.45) is -1.35. The van der Waals surface area contributed by atoms with Gasteiger partial charge in [0.2, 0.25) is 6.29 Å². The van der Waals surface area contributed by atoms with Gasteiger partial charge in [-0.05, 0) is 43.7 Å². The number of amides is 1. The van der Waals surface area contributed by atoms with Crippen molar-refractivity contribution in [2.24, 2.45) is 27.0 Å². The molecule has 3 atom stereocenters. The minimum Gasteiger partial charge on any atom is -0.362 e. The number of nitrogens with one attached hydrogen (secondary N) is 4. The molecule has 36 heavy (non-hydrogen) atoms. The highest BCUT2D eigenvalue weighted by Gasteiger charge is 2.41. The molecular weight excluding hydrogens is 460 g/mol. The van der Waals surface area contributed by atoms with E-state index in [1.165, 1.54) is 5.01 Å². The molecule has 1 amide bonds. The molecule has 5 rings (SSSR count). The van der Waals surface area contributed by atoms with E-state index in [-0.39, 0.29) is 5.91 Å². The topological polar surface area (TPSA) is 185 Å². The number of hydrazine groups is 1. The van der Waals surface area contributed by atoms with Gasteiger partial charge in [0.05, 0.1) is 29.9 Å². The second-order valence-electron chi connectivity index (χ2n) is 8.55. The average molecular weight is 487 g/mol. The van der Waals surface area contributed by atoms with Crippen LogP contribution < -0.4 is 37.9 Å². The van der Waals surface area contributed by atoms with Crippen LogP contribution in [0.5, 0.6) is 0 Å². The molecule has 2 aromatic carbocycles. The Morgan fingerprint density at radius 2 is 2.06 bits per heavy atom. The van der Waals surface area contributed by atoms with Crippen LogP contribution >= 0.6 is 0 Å². The number of hydrogen-bond donors (Lipinski definition) is 6. The number of aliphatic imine (C=N–C) groups is 1. The second kappa shape index (κ2) is 9.08. The Balaban J connectivity index is 1.57. The largest absolute Gasteiger partial charge is 0.362 e. The summed E-state index contributed by atoms with van der Waals surface area (Å²) in [4.78, 5) is 20.0. The Morgan fingerprint density at radius 1 is 1.25 bits per heavy atom. The van der Waals surface area contributed by atoms with E-state index in [2.05, 4.69) is 42.7 Å². The number of aryl methyl sites for hydroxylation is 1. The normalized spacial score (nSPS) is 21.3. The Kier molecular flexibility index (Phi) is 5.79. The molecule has 0 aromatic heterocycles. The molecule has 1 fully saturated rings. The number of nitrogens with two attached hydrogens (primary N) is 2. The van der Waals surface area contributed by atoms with E-state index in [0.29, 0.717) is 46.5 Å². The smallest absolute Gasteiger partial charge is 0.262 e. The number of anilines is 2. The lowest BCUT2D eigenvalue weighted by Gasteiger charge is -2.44. The third-order valence-corrected chi connectivity index (χ3v) is 6.38. The first-order chi connectivity index (χ1) is 17.4. The molecule has 13 nitrogen and oxygen atoms in total. The first kappa shape index (κ1) is 22.9. The van der Waals surface area contributed by atoms with Crippen molar-refractivity contribution in [2.75, 3.05) is 16.9 Å². The minimum atomic E-state index is -0.762. The van der Waals surface area contributed by atoms with E-state index in [9.17, 15) is 10.1 Å². The number of nitrogens with zero attached hydrogens (tertiary/aromatic N) is 6. The van der Waals surface area contributed by atoms with Crippen molar-refractivity contribution in [1.29, 1.82) is 5.26 Å². The molecule has 1 saturated heterocycles. The fraction of sp³-hybridized carbons (Fsp3) is 0.261. The van der Waals surface area contributed by atoms with Crippen molar-refractivity contribution in [3.63, 3.8) is 0 Å². The third-order valence-electron chi connectivity index (χ3n) is 6.38. The summed E-state index contributed by atoms with van der Waals surface area (Å²) in [6.45, 7) is 4.26. The lowest BCUT2D eigenvalue weighted by molar-refractivity contribution is 0.0955. The lowest BCUT2D eigenvalue weighted by atomic mass is 9.99. The predicted molar refractivity (Wildman–Crippen MR) is 134 cm³/mol. The highest BCUT2D eigenvalue weighted by atomic mass is 16.2. The number of carbonyl (C=O) groups is 1. The first-order valence-electron chi connectivity index (χ1n) is 11.3. The molecule has 3 heterocycles. The Labute approximate surface area is 207 Å². The number of rotatable bonds is 5. The van der Waals surface area contributed by atoms with Crippen molar-refractivity contribution in [3.8, 4) is 6.07 Å². The molecule has 0 saturated carbocycles. The second-order valence-corrected chi connectivity index (χ2v) is 8.55. The summed E-state index contributed by atoms with van der Waals surface area (Å²) < 4.78 is 0. The van der Waals surface area contributed by atoms with E-state index >= 15 is 0 Å². The summed E-state index contributed by atoms with van der Waals surface area (Å²) >= 11 is 0. The van der Waals surface area contributed by atoms with E-state index < -0.39 is 18.5 Å². The van der Waals surface area contributed by atoms with Gasteiger partial charge in [0, 0.05) is 11.4 Å². The zero-order valence-corrected chi connectivity index (χ0v) is 19.7. The fourth-order valence-corrected chi connectivity index (χ4v) is 4.60. The maximum atomic E-state index is 13.9. The highest BCUT2D eigenvalue weighted by molar-refractivity contribution is 6.13. The fourth-order valence-electron chi connectivity index (χ4n) is 4.60. The molecule has 0 spiro atoms. The number of carbonyl (C=O) groups excluding carboxylic acids is 1. The van der Waals surface area contributed by atoms with Gasteiger partial charge in [0.25, 0.3) is 5.91 Å². The van der Waals surface area contributed by atoms with Crippen molar-refractivity contribution in [1.82, 2.24) is 21.0 Å². The lowest BCUT2D eigenvalue weighted by Crippen LogP contribution is -2.62. The molecule has 0 bridgehead atoms. The van der Waals surface area contributed by atoms with Gasteiger partial charge in [-0.15, -0.1) is 5.11 Å². The van der Waals surface area contributed by atoms with Gasteiger partial charge in [-0.25, -0.2) is 10.8 Å². The number of amidine groups is 1. The van der Waals surface area contributed by atoms with Gasteiger partial charge in [-0.3, -0.25) is 14.7 Å². The molecular formula is C23H26N12O. The monoisotopic (exact) mass is 486 g/mol. The van der Waals surface area contributed by atoms with Gasteiger partial charge in [0.15, 0.2) is 5.84 Å². The Morgan fingerprint density at radius 3 is 2.83 bits per heavy atom. The number of benzene rings is 2. The maximum absolute atomic E-state index is 13.9. The highest BCUT2D eigenvalue weighted by Crippen LogP contribution is 2.34. The van der Waals surface area contributed by atoms with E-state index in [4.69, 9.17) is 11.7 Å². The van der Waals surface area contributed by atoms with Gasteiger partial charge in [0.1, 0.15) is 17.7 Å². The molecule has 184 valence electrons. The number of hydrogen-bond acceptors (Lipinski definition) is 11. The third kappa shape index (κ3) is 3.79. The molecule has 0 aliphatic carbocycles. The minimum absolute atomic E-state index is 0.186. The molecule has 13 heteroatoms. The molecule has 3 unspecified atom stereocenters. The van der Waals surface area contributed by atoms with Crippen LogP contribution in [0.1, 0.15) is 28.4 Å². The van der Waals surface area contributed by atoms with Gasteiger partial charge >= 0.3 is 0 Å². The van der Waals surface area contributed by atoms with Crippen LogP contribution in [0.2, 0.25) is 0 Å². The maximum Gasteiger partial charge on any atom is 0.262 e. The van der Waals surface area contributed by atoms with Crippen LogP contribution in [-0.2, 0) is 0 Å². The van der Waals surface area contributed by atoms with Crippen LogP contribution in [0.15, 0.2) is 69.3 Å². The summed E-state index contributed by atoms with van der Waals surface area (Å²) in [6, 6.07) is 14.3. The molecule has 0 radical (unpaired) electrons. The van der Waals surface area contributed by atoms with Gasteiger partial charge < -0.3 is 27.1 Å². The molecule has 3 aliphatic rings. The van der Waals surface area contributed by atoms with Crippen molar-refractivity contribution >= 4 is 23.1 Å². The zero-order valence-electron chi connectivity index (χ0n) is 19.7. The van der Waals surface area contributed by atoms with Crippen molar-refractivity contribution < 1.29 is 4.79 Å². The average Bonchev–Trinajstić information content (AvgIpc) is 3.36. The zero-order chi connectivity index (χ0) is 25.4. The summed E-state index contributed by atoms with van der Waals surface area (Å²) in [7, 11) is 0. The van der Waals surface area contributed by atoms with Gasteiger partial charge in [-0.1, -0.05) is 23.4 Å². The number of fused-ring (bicyclic) bond motifs is 2. The quantitative estimate of drug-likeness (QED) is 0.202. The van der Waals surface area contributed by atoms with Crippen LogP contribution in [-0.4, -0.2) is 41.9 Å². The van der Waals surface area contributed by atoms with Gasteiger partial charge in [-0.2, -0.15) is 5.26 Å². The standard InChI is InChI=1S/C23H26N12O/c1-12-5-3-8-16-17(12)22(36)34(15-7-4-6-14(9-15)10-24)20(29-16)13(2)35(26)21-18-19(28-11-27-18)30-23(31-21)32-33-25/h3-9,13,20,23,27,29,31H,11,26H2,1-2H3,(H2,25,32)(H,28,30).